The number of aliphatic hydroxyl groups excluding tert-OH is 1. The van der Waals surface area contributed by atoms with Crippen LogP contribution in [-0.4, -0.2) is 17.5 Å². The topological polar surface area (TPSA) is 29.5 Å². The second-order valence-electron chi connectivity index (χ2n) is 7.26. The van der Waals surface area contributed by atoms with Gasteiger partial charge in [-0.1, -0.05) is 6.58 Å². The first-order valence-corrected chi connectivity index (χ1v) is 7.64. The zero-order valence-corrected chi connectivity index (χ0v) is 11.2. The molecule has 2 heteroatoms. The molecule has 4 fully saturated rings. The Morgan fingerprint density at radius 2 is 1.83 bits per heavy atom. The summed E-state index contributed by atoms with van der Waals surface area (Å²) in [6.07, 6.45) is 6.58. The van der Waals surface area contributed by atoms with Crippen LogP contribution in [0.4, 0.5) is 0 Å². The van der Waals surface area contributed by atoms with Gasteiger partial charge in [0.2, 0.25) is 0 Å². The van der Waals surface area contributed by atoms with Crippen LogP contribution in [-0.2, 0) is 4.74 Å². The molecule has 0 amide bonds. The summed E-state index contributed by atoms with van der Waals surface area (Å²) in [7, 11) is 0. The van der Waals surface area contributed by atoms with E-state index in [2.05, 4.69) is 6.58 Å². The molecular weight excluding hydrogens is 224 g/mol. The predicted octanol–water partition coefficient (Wildman–Crippen LogP) is 2.97. The summed E-state index contributed by atoms with van der Waals surface area (Å²) in [4.78, 5) is 0. The molecule has 0 radical (unpaired) electrons. The van der Waals surface area contributed by atoms with Gasteiger partial charge in [-0.2, -0.15) is 0 Å². The van der Waals surface area contributed by atoms with Crippen molar-refractivity contribution in [2.24, 2.45) is 35.5 Å². The van der Waals surface area contributed by atoms with E-state index in [1.54, 1.807) is 0 Å². The van der Waals surface area contributed by atoms with Gasteiger partial charge in [0.1, 0.15) is 0 Å². The van der Waals surface area contributed by atoms with Crippen molar-refractivity contribution >= 4 is 0 Å². The Morgan fingerprint density at radius 1 is 1.11 bits per heavy atom. The fourth-order valence-electron chi connectivity index (χ4n) is 5.94. The second kappa shape index (κ2) is 3.83. The van der Waals surface area contributed by atoms with Gasteiger partial charge in [-0.15, -0.1) is 0 Å². The Labute approximate surface area is 109 Å². The Kier molecular flexibility index (Phi) is 2.44. The average Bonchev–Trinajstić information content (AvgIpc) is 3.06. The zero-order valence-electron chi connectivity index (χ0n) is 11.2. The van der Waals surface area contributed by atoms with Crippen LogP contribution in [0.3, 0.4) is 0 Å². The minimum absolute atomic E-state index is 0.308. The van der Waals surface area contributed by atoms with Gasteiger partial charge in [-0.05, 0) is 80.1 Å². The highest BCUT2D eigenvalue weighted by molar-refractivity contribution is 5.11. The first-order chi connectivity index (χ1) is 8.65. The smallest absolute Gasteiger partial charge is 0.176 e. The van der Waals surface area contributed by atoms with Crippen LogP contribution in [0.5, 0.6) is 0 Å². The molecule has 4 rings (SSSR count). The maximum atomic E-state index is 9.87. The quantitative estimate of drug-likeness (QED) is 0.473. The van der Waals surface area contributed by atoms with Crippen molar-refractivity contribution in [1.29, 1.82) is 0 Å². The average molecular weight is 248 g/mol. The summed E-state index contributed by atoms with van der Waals surface area (Å²) in [5.41, 5.74) is 0.738. The molecule has 1 N–H and O–H groups in total. The third-order valence-corrected chi connectivity index (χ3v) is 6.40. The normalized spacial score (nSPS) is 53.8. The van der Waals surface area contributed by atoms with Gasteiger partial charge in [0.15, 0.2) is 6.29 Å². The van der Waals surface area contributed by atoms with Crippen molar-refractivity contribution in [2.75, 3.05) is 0 Å². The van der Waals surface area contributed by atoms with Gasteiger partial charge in [0, 0.05) is 0 Å². The second-order valence-corrected chi connectivity index (χ2v) is 7.26. The number of hydrogen-bond donors (Lipinski definition) is 1. The first kappa shape index (κ1) is 11.5. The van der Waals surface area contributed by atoms with Crippen molar-refractivity contribution in [2.45, 2.75) is 51.4 Å². The summed E-state index contributed by atoms with van der Waals surface area (Å²) >= 11 is 0. The van der Waals surface area contributed by atoms with Gasteiger partial charge in [0.05, 0.1) is 6.10 Å². The van der Waals surface area contributed by atoms with Gasteiger partial charge in [-0.25, -0.2) is 0 Å². The Hall–Kier alpha value is -0.340. The van der Waals surface area contributed by atoms with Crippen LogP contribution >= 0.6 is 0 Å². The summed E-state index contributed by atoms with van der Waals surface area (Å²) in [5, 5.41) is 9.87. The molecule has 4 saturated carbocycles. The summed E-state index contributed by atoms with van der Waals surface area (Å²) < 4.78 is 5.88. The lowest BCUT2D eigenvalue weighted by Gasteiger charge is -2.39. The molecule has 4 aliphatic carbocycles. The van der Waals surface area contributed by atoms with E-state index in [1.165, 1.54) is 32.1 Å². The molecular formula is C16H24O2. The van der Waals surface area contributed by atoms with E-state index in [4.69, 9.17) is 4.74 Å². The summed E-state index contributed by atoms with van der Waals surface area (Å²) in [6.45, 7) is 5.63. The summed E-state index contributed by atoms with van der Waals surface area (Å²) in [5.74, 6) is 5.63. The van der Waals surface area contributed by atoms with Crippen LogP contribution in [0, 0.1) is 35.5 Å². The molecule has 0 spiro atoms. The van der Waals surface area contributed by atoms with E-state index in [0.717, 1.165) is 41.1 Å². The molecule has 7 unspecified atom stereocenters. The highest BCUT2D eigenvalue weighted by atomic mass is 16.6. The van der Waals surface area contributed by atoms with E-state index in [-0.39, 0.29) is 0 Å². The number of hydrogen-bond acceptors (Lipinski definition) is 2. The van der Waals surface area contributed by atoms with Crippen LogP contribution in [0.15, 0.2) is 12.2 Å². The van der Waals surface area contributed by atoms with Crippen LogP contribution in [0.1, 0.15) is 39.0 Å². The van der Waals surface area contributed by atoms with Gasteiger partial charge in [-0.3, -0.25) is 0 Å². The molecule has 4 aliphatic rings. The van der Waals surface area contributed by atoms with Crippen molar-refractivity contribution in [3.05, 3.63) is 12.2 Å². The molecule has 8 atom stereocenters. The molecule has 0 aromatic rings. The zero-order chi connectivity index (χ0) is 12.4. The maximum absolute atomic E-state index is 9.87. The van der Waals surface area contributed by atoms with E-state index in [0.29, 0.717) is 6.10 Å². The lowest BCUT2D eigenvalue weighted by molar-refractivity contribution is -0.140. The molecule has 0 aromatic carbocycles. The van der Waals surface area contributed by atoms with Crippen LogP contribution in [0.25, 0.3) is 0 Å². The Balaban J connectivity index is 1.50. The van der Waals surface area contributed by atoms with Gasteiger partial charge >= 0.3 is 0 Å². The number of fused-ring (bicyclic) bond motifs is 9. The van der Waals surface area contributed by atoms with Crippen LogP contribution < -0.4 is 0 Å². The lowest BCUT2D eigenvalue weighted by atomic mass is 9.70. The molecule has 0 aliphatic heterocycles. The van der Waals surface area contributed by atoms with Crippen LogP contribution in [0.2, 0.25) is 0 Å². The first-order valence-electron chi connectivity index (χ1n) is 7.64. The van der Waals surface area contributed by atoms with Crippen molar-refractivity contribution in [1.82, 2.24) is 0 Å². The van der Waals surface area contributed by atoms with Gasteiger partial charge < -0.3 is 9.84 Å². The van der Waals surface area contributed by atoms with E-state index in [1.807, 2.05) is 6.92 Å². The minimum Gasteiger partial charge on any atom is -0.364 e. The number of aliphatic hydroxyl groups is 1. The standard InChI is InChI=1S/C16H24O2/c1-8(2)16(17)18-13-7-11-6-12(13)15-10-4-3-9(5-10)14(11)15/h9-17H,1,3-7H2,2H3/t9?,10?,11?,12?,13?,14?,15?,16-/m1/s1. The highest BCUT2D eigenvalue weighted by Gasteiger charge is 2.62. The largest absolute Gasteiger partial charge is 0.364 e. The van der Waals surface area contributed by atoms with Gasteiger partial charge in [0.25, 0.3) is 0 Å². The fraction of sp³-hybridized carbons (Fsp3) is 0.875. The SMILES string of the molecule is C=C(C)[C@H](O)OC1CC2CC1C1C3CCC(C3)C21. The third-order valence-electron chi connectivity index (χ3n) is 6.40. The molecule has 18 heavy (non-hydrogen) atoms. The fourth-order valence-corrected chi connectivity index (χ4v) is 5.94. The number of rotatable bonds is 3. The molecule has 0 saturated heterocycles. The minimum atomic E-state index is -0.744. The predicted molar refractivity (Wildman–Crippen MR) is 69.7 cm³/mol. The highest BCUT2D eigenvalue weighted by Crippen LogP contribution is 2.67. The maximum Gasteiger partial charge on any atom is 0.176 e. The monoisotopic (exact) mass is 248 g/mol. The molecule has 2 nitrogen and oxygen atoms in total. The molecule has 100 valence electrons. The lowest BCUT2D eigenvalue weighted by Crippen LogP contribution is -2.38. The van der Waals surface area contributed by atoms with E-state index >= 15 is 0 Å². The molecule has 0 aromatic heterocycles. The van der Waals surface area contributed by atoms with Crippen molar-refractivity contribution in [3.8, 4) is 0 Å². The van der Waals surface area contributed by atoms with E-state index in [9.17, 15) is 5.11 Å². The van der Waals surface area contributed by atoms with Crippen molar-refractivity contribution in [3.63, 3.8) is 0 Å². The molecule has 0 heterocycles. The Bertz CT molecular complexity index is 377. The Morgan fingerprint density at radius 3 is 2.56 bits per heavy atom. The molecule has 4 bridgehead atoms. The number of ether oxygens (including phenoxy) is 1. The van der Waals surface area contributed by atoms with Crippen molar-refractivity contribution < 1.29 is 9.84 Å². The summed E-state index contributed by atoms with van der Waals surface area (Å²) in [6, 6.07) is 0. The van der Waals surface area contributed by atoms with E-state index < -0.39 is 6.29 Å². The third kappa shape index (κ3) is 1.42.